The Bertz CT molecular complexity index is 405. The second-order valence-corrected chi connectivity index (χ2v) is 4.04. The van der Waals surface area contributed by atoms with Crippen LogP contribution in [0.1, 0.15) is 37.0 Å². The fourth-order valence-corrected chi connectivity index (χ4v) is 1.76. The summed E-state index contributed by atoms with van der Waals surface area (Å²) in [4.78, 5) is 13.4. The standard InChI is InChI=1S/C13H16F3NO/c1-3-5-17(6-4-2)13(18)12-10(15)7-9(14)8-11(12)16/h7-8H,3-6H2,1-2H3. The van der Waals surface area contributed by atoms with Crippen molar-refractivity contribution in [2.75, 3.05) is 13.1 Å². The number of rotatable bonds is 5. The number of hydrogen-bond acceptors (Lipinski definition) is 1. The van der Waals surface area contributed by atoms with E-state index in [1.165, 1.54) is 4.90 Å². The number of halogens is 3. The van der Waals surface area contributed by atoms with E-state index in [1.54, 1.807) is 0 Å². The molecule has 0 aliphatic carbocycles. The quantitative estimate of drug-likeness (QED) is 0.794. The van der Waals surface area contributed by atoms with Crippen LogP contribution in [0.15, 0.2) is 12.1 Å². The zero-order chi connectivity index (χ0) is 13.7. The van der Waals surface area contributed by atoms with Gasteiger partial charge in [0.25, 0.3) is 5.91 Å². The molecule has 5 heteroatoms. The lowest BCUT2D eigenvalue weighted by Gasteiger charge is -2.21. The molecule has 0 saturated carbocycles. The van der Waals surface area contributed by atoms with Gasteiger partial charge >= 0.3 is 0 Å². The largest absolute Gasteiger partial charge is 0.338 e. The average Bonchev–Trinajstić information content (AvgIpc) is 2.27. The van der Waals surface area contributed by atoms with E-state index in [-0.39, 0.29) is 0 Å². The monoisotopic (exact) mass is 259 g/mol. The number of carbonyl (C=O) groups is 1. The minimum Gasteiger partial charge on any atom is -0.338 e. The number of nitrogens with zero attached hydrogens (tertiary/aromatic N) is 1. The molecule has 0 spiro atoms. The molecule has 1 amide bonds. The van der Waals surface area contributed by atoms with Crippen LogP contribution in [-0.4, -0.2) is 23.9 Å². The second kappa shape index (κ2) is 6.42. The summed E-state index contributed by atoms with van der Waals surface area (Å²) < 4.78 is 39.7. The minimum atomic E-state index is -1.16. The molecule has 1 aromatic carbocycles. The van der Waals surface area contributed by atoms with Gasteiger partial charge in [-0.05, 0) is 12.8 Å². The van der Waals surface area contributed by atoms with Crippen molar-refractivity contribution in [3.05, 3.63) is 35.1 Å². The van der Waals surface area contributed by atoms with Crippen molar-refractivity contribution in [2.24, 2.45) is 0 Å². The molecule has 0 saturated heterocycles. The highest BCUT2D eigenvalue weighted by Gasteiger charge is 2.23. The highest BCUT2D eigenvalue weighted by molar-refractivity contribution is 5.94. The molecule has 0 atom stereocenters. The van der Waals surface area contributed by atoms with Crippen molar-refractivity contribution in [1.82, 2.24) is 4.90 Å². The van der Waals surface area contributed by atoms with Gasteiger partial charge in [-0.1, -0.05) is 13.8 Å². The zero-order valence-electron chi connectivity index (χ0n) is 10.5. The van der Waals surface area contributed by atoms with Crippen LogP contribution in [0.3, 0.4) is 0 Å². The van der Waals surface area contributed by atoms with Crippen molar-refractivity contribution in [3.63, 3.8) is 0 Å². The first-order valence-electron chi connectivity index (χ1n) is 5.95. The van der Waals surface area contributed by atoms with Crippen molar-refractivity contribution in [2.45, 2.75) is 26.7 Å². The van der Waals surface area contributed by atoms with Crippen LogP contribution in [0.2, 0.25) is 0 Å². The lowest BCUT2D eigenvalue weighted by molar-refractivity contribution is 0.0745. The maximum absolute atomic E-state index is 13.5. The first-order valence-corrected chi connectivity index (χ1v) is 5.95. The van der Waals surface area contributed by atoms with Crippen LogP contribution in [0.5, 0.6) is 0 Å². The van der Waals surface area contributed by atoms with Crippen LogP contribution in [-0.2, 0) is 0 Å². The molecule has 0 heterocycles. The van der Waals surface area contributed by atoms with E-state index in [9.17, 15) is 18.0 Å². The fraction of sp³-hybridized carbons (Fsp3) is 0.462. The van der Waals surface area contributed by atoms with Crippen LogP contribution in [0.25, 0.3) is 0 Å². The van der Waals surface area contributed by atoms with E-state index in [2.05, 4.69) is 0 Å². The Morgan fingerprint density at radius 1 is 1.06 bits per heavy atom. The van der Waals surface area contributed by atoms with Crippen molar-refractivity contribution >= 4 is 5.91 Å². The van der Waals surface area contributed by atoms with Crippen LogP contribution < -0.4 is 0 Å². The van der Waals surface area contributed by atoms with Gasteiger partial charge in [0.15, 0.2) is 0 Å². The van der Waals surface area contributed by atoms with E-state index in [0.717, 1.165) is 0 Å². The van der Waals surface area contributed by atoms with E-state index in [1.807, 2.05) is 13.8 Å². The summed E-state index contributed by atoms with van der Waals surface area (Å²) in [5, 5.41) is 0. The molecule has 0 aliphatic heterocycles. The van der Waals surface area contributed by atoms with Gasteiger partial charge in [0, 0.05) is 25.2 Å². The number of amides is 1. The van der Waals surface area contributed by atoms with Gasteiger partial charge in [-0.3, -0.25) is 4.79 Å². The first-order chi connectivity index (χ1) is 8.51. The SMILES string of the molecule is CCCN(CCC)C(=O)c1c(F)cc(F)cc1F. The summed E-state index contributed by atoms with van der Waals surface area (Å²) in [5.41, 5.74) is -0.682. The van der Waals surface area contributed by atoms with Crippen LogP contribution in [0.4, 0.5) is 13.2 Å². The highest BCUT2D eigenvalue weighted by Crippen LogP contribution is 2.17. The summed E-state index contributed by atoms with van der Waals surface area (Å²) in [7, 11) is 0. The van der Waals surface area contributed by atoms with Gasteiger partial charge in [0.2, 0.25) is 0 Å². The maximum Gasteiger partial charge on any atom is 0.259 e. The van der Waals surface area contributed by atoms with Crippen molar-refractivity contribution in [3.8, 4) is 0 Å². The van der Waals surface area contributed by atoms with Gasteiger partial charge in [-0.15, -0.1) is 0 Å². The fourth-order valence-electron chi connectivity index (χ4n) is 1.76. The molecule has 1 rings (SSSR count). The molecule has 0 fully saturated rings. The normalized spacial score (nSPS) is 10.5. The molecule has 1 aromatic rings. The number of hydrogen-bond donors (Lipinski definition) is 0. The molecule has 0 N–H and O–H groups in total. The lowest BCUT2D eigenvalue weighted by atomic mass is 10.1. The number of benzene rings is 1. The van der Waals surface area contributed by atoms with Gasteiger partial charge in [0.05, 0.1) is 0 Å². The predicted octanol–water partition coefficient (Wildman–Crippen LogP) is 3.37. The summed E-state index contributed by atoms with van der Waals surface area (Å²) in [6, 6.07) is 1.04. The lowest BCUT2D eigenvalue weighted by Crippen LogP contribution is -2.33. The first kappa shape index (κ1) is 14.5. The van der Waals surface area contributed by atoms with Gasteiger partial charge < -0.3 is 4.90 Å². The number of carbonyl (C=O) groups excluding carboxylic acids is 1. The Hall–Kier alpha value is -1.52. The molecule has 0 aromatic heterocycles. The topological polar surface area (TPSA) is 20.3 Å². The molecular weight excluding hydrogens is 243 g/mol. The maximum atomic E-state index is 13.5. The Morgan fingerprint density at radius 3 is 1.89 bits per heavy atom. The van der Waals surface area contributed by atoms with E-state index >= 15 is 0 Å². The third kappa shape index (κ3) is 3.24. The summed E-state index contributed by atoms with van der Waals surface area (Å²) in [6.07, 6.45) is 1.38. The predicted molar refractivity (Wildman–Crippen MR) is 62.8 cm³/mol. The third-order valence-electron chi connectivity index (χ3n) is 2.50. The molecule has 0 aliphatic rings. The highest BCUT2D eigenvalue weighted by atomic mass is 19.1. The minimum absolute atomic E-state index is 0.420. The van der Waals surface area contributed by atoms with E-state index in [4.69, 9.17) is 0 Å². The van der Waals surface area contributed by atoms with Crippen molar-refractivity contribution in [1.29, 1.82) is 0 Å². The average molecular weight is 259 g/mol. The summed E-state index contributed by atoms with van der Waals surface area (Å²) >= 11 is 0. The van der Waals surface area contributed by atoms with Gasteiger partial charge in [0.1, 0.15) is 23.0 Å². The van der Waals surface area contributed by atoms with Gasteiger partial charge in [-0.2, -0.15) is 0 Å². The Kier molecular flexibility index (Phi) is 5.19. The van der Waals surface area contributed by atoms with Crippen LogP contribution in [0, 0.1) is 17.5 Å². The third-order valence-corrected chi connectivity index (χ3v) is 2.50. The molecule has 0 unspecified atom stereocenters. The summed E-state index contributed by atoms with van der Waals surface area (Å²) in [5.74, 6) is -4.07. The van der Waals surface area contributed by atoms with Gasteiger partial charge in [-0.25, -0.2) is 13.2 Å². The molecule has 2 nitrogen and oxygen atoms in total. The molecular formula is C13H16F3NO. The van der Waals surface area contributed by atoms with Crippen LogP contribution >= 0.6 is 0 Å². The second-order valence-electron chi connectivity index (χ2n) is 4.04. The molecule has 0 radical (unpaired) electrons. The Labute approximate surface area is 104 Å². The molecule has 100 valence electrons. The molecule has 18 heavy (non-hydrogen) atoms. The van der Waals surface area contributed by atoms with E-state index in [0.29, 0.717) is 38.1 Å². The Balaban J connectivity index is 3.08. The van der Waals surface area contributed by atoms with Crippen molar-refractivity contribution < 1.29 is 18.0 Å². The smallest absolute Gasteiger partial charge is 0.259 e. The summed E-state index contributed by atoms with van der Waals surface area (Å²) in [6.45, 7) is 4.58. The molecule has 0 bridgehead atoms. The zero-order valence-corrected chi connectivity index (χ0v) is 10.5. The Morgan fingerprint density at radius 2 is 1.50 bits per heavy atom. The van der Waals surface area contributed by atoms with E-state index < -0.39 is 28.9 Å².